The molecule has 0 aliphatic heterocycles. The Morgan fingerprint density at radius 1 is 1.35 bits per heavy atom. The zero-order valence-electron chi connectivity index (χ0n) is 12.3. The summed E-state index contributed by atoms with van der Waals surface area (Å²) in [6, 6.07) is 5.00. The van der Waals surface area contributed by atoms with Gasteiger partial charge >= 0.3 is 0 Å². The van der Waals surface area contributed by atoms with E-state index >= 15 is 0 Å². The lowest BCUT2D eigenvalue weighted by Crippen LogP contribution is -2.28. The van der Waals surface area contributed by atoms with E-state index in [4.69, 9.17) is 5.73 Å². The minimum atomic E-state index is -3.41. The summed E-state index contributed by atoms with van der Waals surface area (Å²) in [5.74, 6) is 5.70. The molecule has 0 bridgehead atoms. The zero-order chi connectivity index (χ0) is 15.2. The molecule has 1 rings (SSSR count). The fourth-order valence-electron chi connectivity index (χ4n) is 1.76. The number of nitrogens with two attached hydrogens (primary N) is 1. The van der Waals surface area contributed by atoms with Crippen LogP contribution >= 0.6 is 0 Å². The van der Waals surface area contributed by atoms with E-state index < -0.39 is 10.0 Å². The first-order valence-electron chi connectivity index (χ1n) is 6.69. The largest absolute Gasteiger partial charge is 0.320 e. The molecule has 0 amide bonds. The van der Waals surface area contributed by atoms with Gasteiger partial charge in [-0.15, -0.1) is 0 Å². The highest BCUT2D eigenvalue weighted by Crippen LogP contribution is 2.18. The van der Waals surface area contributed by atoms with E-state index in [-0.39, 0.29) is 0 Å². The van der Waals surface area contributed by atoms with Gasteiger partial charge < -0.3 is 5.73 Å². The minimum absolute atomic E-state index is 0.291. The highest BCUT2D eigenvalue weighted by Gasteiger charge is 2.20. The molecule has 0 aromatic heterocycles. The number of aryl methyl sites for hydroxylation is 1. The third-order valence-corrected chi connectivity index (χ3v) is 4.91. The predicted octanol–water partition coefficient (Wildman–Crippen LogP) is 1.73. The van der Waals surface area contributed by atoms with Crippen LogP contribution in [-0.4, -0.2) is 32.9 Å². The third-order valence-electron chi connectivity index (χ3n) is 3.06. The van der Waals surface area contributed by atoms with Crippen LogP contribution in [0.3, 0.4) is 0 Å². The van der Waals surface area contributed by atoms with Crippen LogP contribution in [0.2, 0.25) is 0 Å². The fraction of sp³-hybridized carbons (Fsp3) is 0.467. The molecule has 2 N–H and O–H groups in total. The van der Waals surface area contributed by atoms with Crippen LogP contribution < -0.4 is 5.73 Å². The van der Waals surface area contributed by atoms with Gasteiger partial charge in [-0.05, 0) is 37.1 Å². The topological polar surface area (TPSA) is 63.4 Å². The molecule has 0 fully saturated rings. The van der Waals surface area contributed by atoms with E-state index in [1.165, 1.54) is 4.31 Å². The molecule has 110 valence electrons. The smallest absolute Gasteiger partial charge is 0.242 e. The van der Waals surface area contributed by atoms with Gasteiger partial charge in [0.25, 0.3) is 0 Å². The number of nitrogens with zero attached hydrogens (tertiary/aromatic N) is 1. The zero-order valence-corrected chi connectivity index (χ0v) is 13.1. The second kappa shape index (κ2) is 7.44. The number of sulfonamides is 1. The lowest BCUT2D eigenvalue weighted by molar-refractivity contribution is 0.459. The maximum Gasteiger partial charge on any atom is 0.242 e. The van der Waals surface area contributed by atoms with Crippen molar-refractivity contribution in [3.05, 3.63) is 29.3 Å². The Balaban J connectivity index is 3.05. The van der Waals surface area contributed by atoms with Crippen molar-refractivity contribution in [3.63, 3.8) is 0 Å². The Kier molecular flexibility index (Phi) is 6.21. The Morgan fingerprint density at radius 2 is 2.05 bits per heavy atom. The average Bonchev–Trinajstić information content (AvgIpc) is 2.43. The van der Waals surface area contributed by atoms with E-state index in [9.17, 15) is 8.42 Å². The van der Waals surface area contributed by atoms with Gasteiger partial charge in [0.1, 0.15) is 0 Å². The number of benzene rings is 1. The van der Waals surface area contributed by atoms with E-state index in [0.29, 0.717) is 18.0 Å². The standard InChI is InChI=1S/C15H22N2O2S/c1-4-5-11-17(3)20(18,19)15-9-8-14(7-6-10-16)13(2)12-15/h8-9,12H,4-5,10-11,16H2,1-3H3. The summed E-state index contributed by atoms with van der Waals surface area (Å²) in [4.78, 5) is 0.312. The predicted molar refractivity (Wildman–Crippen MR) is 81.8 cm³/mol. The third kappa shape index (κ3) is 4.07. The molecule has 4 nitrogen and oxygen atoms in total. The van der Waals surface area contributed by atoms with Crippen molar-refractivity contribution in [1.82, 2.24) is 4.31 Å². The number of hydrogen-bond donors (Lipinski definition) is 1. The van der Waals surface area contributed by atoms with Gasteiger partial charge in [-0.25, -0.2) is 12.7 Å². The lowest BCUT2D eigenvalue weighted by Gasteiger charge is -2.17. The molecule has 1 aromatic rings. The Labute approximate surface area is 122 Å². The first kappa shape index (κ1) is 16.7. The molecule has 0 saturated carbocycles. The van der Waals surface area contributed by atoms with Crippen molar-refractivity contribution in [2.45, 2.75) is 31.6 Å². The van der Waals surface area contributed by atoms with Crippen LogP contribution in [0.15, 0.2) is 23.1 Å². The molecule has 5 heteroatoms. The molecule has 0 unspecified atom stereocenters. The molecule has 0 aliphatic carbocycles. The van der Waals surface area contributed by atoms with Gasteiger partial charge in [0.2, 0.25) is 10.0 Å². The molecule has 0 radical (unpaired) electrons. The molecule has 0 heterocycles. The number of rotatable bonds is 5. The molecule has 0 saturated heterocycles. The Hall–Kier alpha value is -1.35. The molecule has 0 spiro atoms. The van der Waals surface area contributed by atoms with Gasteiger partial charge in [0.05, 0.1) is 11.4 Å². The molecule has 1 aromatic carbocycles. The molecular weight excluding hydrogens is 272 g/mol. The van der Waals surface area contributed by atoms with Crippen LogP contribution in [0.4, 0.5) is 0 Å². The first-order chi connectivity index (χ1) is 9.43. The molecule has 0 aliphatic rings. The van der Waals surface area contributed by atoms with Crippen LogP contribution in [0.5, 0.6) is 0 Å². The van der Waals surface area contributed by atoms with Crippen LogP contribution in [0.1, 0.15) is 30.9 Å². The summed E-state index contributed by atoms with van der Waals surface area (Å²) in [7, 11) is -1.80. The van der Waals surface area contributed by atoms with E-state index in [1.807, 2.05) is 13.8 Å². The average molecular weight is 294 g/mol. The highest BCUT2D eigenvalue weighted by molar-refractivity contribution is 7.89. The summed E-state index contributed by atoms with van der Waals surface area (Å²) in [6.45, 7) is 4.72. The molecule has 20 heavy (non-hydrogen) atoms. The second-order valence-electron chi connectivity index (χ2n) is 4.66. The van der Waals surface area contributed by atoms with Crippen molar-refractivity contribution in [2.24, 2.45) is 5.73 Å². The second-order valence-corrected chi connectivity index (χ2v) is 6.71. The summed E-state index contributed by atoms with van der Waals surface area (Å²) in [6.07, 6.45) is 1.82. The van der Waals surface area contributed by atoms with E-state index in [2.05, 4.69) is 11.8 Å². The summed E-state index contributed by atoms with van der Waals surface area (Å²) in [5, 5.41) is 0. The monoisotopic (exact) mass is 294 g/mol. The highest BCUT2D eigenvalue weighted by atomic mass is 32.2. The summed E-state index contributed by atoms with van der Waals surface area (Å²) in [5.41, 5.74) is 6.99. The van der Waals surface area contributed by atoms with E-state index in [0.717, 1.165) is 24.0 Å². The SMILES string of the molecule is CCCCN(C)S(=O)(=O)c1ccc(C#CCN)c(C)c1. The van der Waals surface area contributed by atoms with Gasteiger partial charge in [0.15, 0.2) is 0 Å². The normalized spacial score (nSPS) is 11.2. The molecular formula is C15H22N2O2S. The quantitative estimate of drug-likeness (QED) is 0.841. The number of hydrogen-bond acceptors (Lipinski definition) is 3. The summed E-state index contributed by atoms with van der Waals surface area (Å²) < 4.78 is 26.2. The maximum absolute atomic E-state index is 12.4. The van der Waals surface area contributed by atoms with Gasteiger partial charge in [-0.1, -0.05) is 25.2 Å². The van der Waals surface area contributed by atoms with Crippen molar-refractivity contribution in [2.75, 3.05) is 20.1 Å². The molecule has 0 atom stereocenters. The van der Waals surface area contributed by atoms with Gasteiger partial charge in [0, 0.05) is 19.2 Å². The van der Waals surface area contributed by atoms with Crippen LogP contribution in [0, 0.1) is 18.8 Å². The lowest BCUT2D eigenvalue weighted by atomic mass is 10.1. The Bertz CT molecular complexity index is 612. The van der Waals surface area contributed by atoms with Crippen molar-refractivity contribution in [3.8, 4) is 11.8 Å². The fourth-order valence-corrected chi connectivity index (χ4v) is 3.06. The minimum Gasteiger partial charge on any atom is -0.320 e. The number of unbranched alkanes of at least 4 members (excludes halogenated alkanes) is 1. The van der Waals surface area contributed by atoms with Crippen molar-refractivity contribution in [1.29, 1.82) is 0 Å². The van der Waals surface area contributed by atoms with Gasteiger partial charge in [-0.2, -0.15) is 0 Å². The van der Waals surface area contributed by atoms with Crippen molar-refractivity contribution < 1.29 is 8.42 Å². The summed E-state index contributed by atoms with van der Waals surface area (Å²) >= 11 is 0. The maximum atomic E-state index is 12.4. The van der Waals surface area contributed by atoms with Crippen molar-refractivity contribution >= 4 is 10.0 Å². The first-order valence-corrected chi connectivity index (χ1v) is 8.13. The Morgan fingerprint density at radius 3 is 2.60 bits per heavy atom. The van der Waals surface area contributed by atoms with Gasteiger partial charge in [-0.3, -0.25) is 0 Å². The van der Waals surface area contributed by atoms with Crippen LogP contribution in [0.25, 0.3) is 0 Å². The van der Waals surface area contributed by atoms with E-state index in [1.54, 1.807) is 25.2 Å². The van der Waals surface area contributed by atoms with Crippen LogP contribution in [-0.2, 0) is 10.0 Å².